The van der Waals surface area contributed by atoms with Gasteiger partial charge in [-0.3, -0.25) is 0 Å². The van der Waals surface area contributed by atoms with Crippen molar-refractivity contribution in [3.8, 4) is 0 Å². The van der Waals surface area contributed by atoms with Crippen LogP contribution in [0.1, 0.15) is 57.8 Å². The summed E-state index contributed by atoms with van der Waals surface area (Å²) in [6.07, 6.45) is 14.7. The minimum atomic E-state index is 0.826. The van der Waals surface area contributed by atoms with E-state index in [0.717, 1.165) is 26.1 Å². The number of hydrogen-bond acceptors (Lipinski definition) is 2. The maximum absolute atomic E-state index is 5.07. The highest BCUT2D eigenvalue weighted by Gasteiger charge is 1.92. The monoisotopic (exact) mass is 240 g/mol. The van der Waals surface area contributed by atoms with Gasteiger partial charge in [0.25, 0.3) is 0 Å². The molecule has 0 aromatic carbocycles. The van der Waals surface area contributed by atoms with Gasteiger partial charge in [0, 0.05) is 0 Å². The van der Waals surface area contributed by atoms with Gasteiger partial charge in [0.2, 0.25) is 0 Å². The van der Waals surface area contributed by atoms with Crippen molar-refractivity contribution >= 4 is 0 Å². The second kappa shape index (κ2) is 15.1. The Labute approximate surface area is 107 Å². The van der Waals surface area contributed by atoms with Gasteiger partial charge < -0.3 is 9.47 Å². The van der Waals surface area contributed by atoms with Crippen LogP contribution in [0.25, 0.3) is 0 Å². The summed E-state index contributed by atoms with van der Waals surface area (Å²) < 4.78 is 10.1. The van der Waals surface area contributed by atoms with Crippen LogP contribution in [0.5, 0.6) is 0 Å². The van der Waals surface area contributed by atoms with Crippen LogP contribution in [-0.4, -0.2) is 13.2 Å². The SMILES string of the molecule is C=COCCCCCCCCCCCOC=C. The van der Waals surface area contributed by atoms with Crippen LogP contribution >= 0.6 is 0 Å². The van der Waals surface area contributed by atoms with Crippen LogP contribution in [-0.2, 0) is 9.47 Å². The summed E-state index contributed by atoms with van der Waals surface area (Å²) in [5.41, 5.74) is 0. The molecule has 0 spiro atoms. The van der Waals surface area contributed by atoms with Crippen molar-refractivity contribution in [3.05, 3.63) is 25.7 Å². The molecule has 0 fully saturated rings. The number of ether oxygens (including phenoxy) is 2. The van der Waals surface area contributed by atoms with E-state index in [4.69, 9.17) is 9.47 Å². The Bertz CT molecular complexity index is 148. The third-order valence-corrected chi connectivity index (χ3v) is 2.76. The molecule has 2 heteroatoms. The van der Waals surface area contributed by atoms with Crippen LogP contribution in [0, 0.1) is 0 Å². The average molecular weight is 240 g/mol. The molecule has 0 bridgehead atoms. The van der Waals surface area contributed by atoms with Crippen LogP contribution in [0.4, 0.5) is 0 Å². The van der Waals surface area contributed by atoms with Crippen molar-refractivity contribution in [2.45, 2.75) is 57.8 Å². The lowest BCUT2D eigenvalue weighted by molar-refractivity contribution is 0.240. The highest BCUT2D eigenvalue weighted by Crippen LogP contribution is 2.09. The molecule has 0 aliphatic rings. The van der Waals surface area contributed by atoms with Crippen molar-refractivity contribution in [3.63, 3.8) is 0 Å². The molecule has 17 heavy (non-hydrogen) atoms. The first-order valence-electron chi connectivity index (χ1n) is 6.87. The number of rotatable bonds is 14. The third kappa shape index (κ3) is 15.1. The summed E-state index contributed by atoms with van der Waals surface area (Å²) in [5.74, 6) is 0. The average Bonchev–Trinajstić information content (AvgIpc) is 2.35. The minimum Gasteiger partial charge on any atom is -0.502 e. The number of unbranched alkanes of at least 4 members (excludes halogenated alkanes) is 8. The summed E-state index contributed by atoms with van der Waals surface area (Å²) >= 11 is 0. The van der Waals surface area contributed by atoms with Crippen molar-refractivity contribution in [1.82, 2.24) is 0 Å². The van der Waals surface area contributed by atoms with Gasteiger partial charge in [-0.15, -0.1) is 0 Å². The molecule has 0 N–H and O–H groups in total. The predicted octanol–water partition coefficient (Wildman–Crippen LogP) is 4.82. The topological polar surface area (TPSA) is 18.5 Å². The van der Waals surface area contributed by atoms with E-state index in [0.29, 0.717) is 0 Å². The van der Waals surface area contributed by atoms with Gasteiger partial charge in [-0.2, -0.15) is 0 Å². The maximum atomic E-state index is 5.07. The quantitative estimate of drug-likeness (QED) is 0.320. The second-order valence-corrected chi connectivity index (χ2v) is 4.26. The molecule has 0 amide bonds. The van der Waals surface area contributed by atoms with E-state index in [1.807, 2.05) is 0 Å². The highest BCUT2D eigenvalue weighted by atomic mass is 16.5. The van der Waals surface area contributed by atoms with E-state index in [9.17, 15) is 0 Å². The lowest BCUT2D eigenvalue weighted by atomic mass is 10.1. The second-order valence-electron chi connectivity index (χ2n) is 4.26. The first-order valence-corrected chi connectivity index (χ1v) is 6.87. The smallest absolute Gasteiger partial charge is 0.0873 e. The first-order chi connectivity index (χ1) is 8.41. The molecule has 0 aliphatic heterocycles. The Hall–Kier alpha value is -0.920. The van der Waals surface area contributed by atoms with Crippen LogP contribution in [0.2, 0.25) is 0 Å². The van der Waals surface area contributed by atoms with Crippen LogP contribution < -0.4 is 0 Å². The van der Waals surface area contributed by atoms with E-state index in [1.54, 1.807) is 0 Å². The zero-order chi connectivity index (χ0) is 12.6. The van der Waals surface area contributed by atoms with Crippen molar-refractivity contribution in [1.29, 1.82) is 0 Å². The Morgan fingerprint density at radius 3 is 1.12 bits per heavy atom. The summed E-state index contributed by atoms with van der Waals surface area (Å²) in [6, 6.07) is 0. The Morgan fingerprint density at radius 2 is 0.824 bits per heavy atom. The summed E-state index contributed by atoms with van der Waals surface area (Å²) in [4.78, 5) is 0. The molecule has 0 saturated heterocycles. The molecular formula is C15H28O2. The predicted molar refractivity (Wildman–Crippen MR) is 73.9 cm³/mol. The zero-order valence-electron chi connectivity index (χ0n) is 11.2. The summed E-state index contributed by atoms with van der Waals surface area (Å²) in [5, 5.41) is 0. The Kier molecular flexibility index (Phi) is 14.3. The van der Waals surface area contributed by atoms with Gasteiger partial charge in [0.1, 0.15) is 0 Å². The van der Waals surface area contributed by atoms with E-state index in [2.05, 4.69) is 13.2 Å². The van der Waals surface area contributed by atoms with Crippen molar-refractivity contribution in [2.24, 2.45) is 0 Å². The maximum Gasteiger partial charge on any atom is 0.0873 e. The van der Waals surface area contributed by atoms with Gasteiger partial charge in [0.15, 0.2) is 0 Å². The fourth-order valence-corrected chi connectivity index (χ4v) is 1.77. The molecule has 0 radical (unpaired) electrons. The van der Waals surface area contributed by atoms with Gasteiger partial charge in [-0.1, -0.05) is 58.1 Å². The zero-order valence-corrected chi connectivity index (χ0v) is 11.2. The van der Waals surface area contributed by atoms with Gasteiger partial charge in [-0.25, -0.2) is 0 Å². The van der Waals surface area contributed by atoms with E-state index >= 15 is 0 Å². The van der Waals surface area contributed by atoms with Crippen molar-refractivity contribution < 1.29 is 9.47 Å². The fraction of sp³-hybridized carbons (Fsp3) is 0.733. The molecule has 0 aromatic heterocycles. The molecular weight excluding hydrogens is 212 g/mol. The lowest BCUT2D eigenvalue weighted by Gasteiger charge is -2.03. The molecule has 2 nitrogen and oxygen atoms in total. The molecule has 100 valence electrons. The van der Waals surface area contributed by atoms with Gasteiger partial charge in [0.05, 0.1) is 25.7 Å². The first kappa shape index (κ1) is 16.1. The lowest BCUT2D eigenvalue weighted by Crippen LogP contribution is -1.89. The fourth-order valence-electron chi connectivity index (χ4n) is 1.77. The Morgan fingerprint density at radius 1 is 0.529 bits per heavy atom. The molecule has 0 aliphatic carbocycles. The normalized spacial score (nSPS) is 9.88. The minimum absolute atomic E-state index is 0.826. The largest absolute Gasteiger partial charge is 0.502 e. The molecule has 0 atom stereocenters. The van der Waals surface area contributed by atoms with E-state index in [1.165, 1.54) is 57.5 Å². The summed E-state index contributed by atoms with van der Waals surface area (Å²) in [7, 11) is 0. The van der Waals surface area contributed by atoms with E-state index in [-0.39, 0.29) is 0 Å². The van der Waals surface area contributed by atoms with Crippen LogP contribution in [0.3, 0.4) is 0 Å². The molecule has 0 saturated carbocycles. The molecule has 0 aromatic rings. The summed E-state index contributed by atoms with van der Waals surface area (Å²) in [6.45, 7) is 8.69. The molecule has 0 rings (SSSR count). The van der Waals surface area contributed by atoms with Crippen LogP contribution in [0.15, 0.2) is 25.7 Å². The van der Waals surface area contributed by atoms with Gasteiger partial charge >= 0.3 is 0 Å². The molecule has 0 heterocycles. The number of hydrogen-bond donors (Lipinski definition) is 0. The third-order valence-electron chi connectivity index (χ3n) is 2.76. The standard InChI is InChI=1S/C15H28O2/c1-3-16-14-12-10-8-6-5-7-9-11-13-15-17-4-2/h3-4H,1-2,5-15H2. The highest BCUT2D eigenvalue weighted by molar-refractivity contribution is 4.52. The van der Waals surface area contributed by atoms with E-state index < -0.39 is 0 Å². The molecule has 0 unspecified atom stereocenters. The Balaban J connectivity index is 2.89. The van der Waals surface area contributed by atoms with Gasteiger partial charge in [-0.05, 0) is 12.8 Å². The van der Waals surface area contributed by atoms with Crippen molar-refractivity contribution in [2.75, 3.05) is 13.2 Å².